The van der Waals surface area contributed by atoms with Crippen LogP contribution < -0.4 is 10.6 Å². The van der Waals surface area contributed by atoms with Gasteiger partial charge in [0.15, 0.2) is 0 Å². The van der Waals surface area contributed by atoms with Crippen LogP contribution in [0.15, 0.2) is 23.3 Å². The van der Waals surface area contributed by atoms with Crippen molar-refractivity contribution in [3.8, 4) is 0 Å². The average molecular weight is 647 g/mol. The lowest BCUT2D eigenvalue weighted by atomic mass is 10.1. The van der Waals surface area contributed by atoms with Crippen LogP contribution in [0.3, 0.4) is 0 Å². The number of hydrogen-bond donors (Lipinski definition) is 2. The SMILES string of the molecule is Cc1c(/C=N\N(C=O)C2CCCNC2=O)cccc1NCCOCCOCCOCCC(=O)N1CCN(C(=O)OC(C)(C)C)CC1. The highest BCUT2D eigenvalue weighted by molar-refractivity contribution is 5.87. The molecule has 2 aliphatic rings. The first-order valence-electron chi connectivity index (χ1n) is 16.0. The van der Waals surface area contributed by atoms with Gasteiger partial charge < -0.3 is 39.4 Å². The summed E-state index contributed by atoms with van der Waals surface area (Å²) in [6.45, 7) is 13.0. The largest absolute Gasteiger partial charge is 0.444 e. The van der Waals surface area contributed by atoms with E-state index in [1.807, 2.05) is 45.9 Å². The van der Waals surface area contributed by atoms with Gasteiger partial charge in [0.25, 0.3) is 0 Å². The van der Waals surface area contributed by atoms with Gasteiger partial charge in [-0.25, -0.2) is 9.80 Å². The standard InChI is InChI=1S/C32H50N6O8/c1-25-26(23-35-38(24-39)28-9-6-11-34-30(28)41)7-5-8-27(25)33-12-18-44-20-22-45-21-19-43-17-10-29(40)36-13-15-37(16-14-36)31(42)46-32(2,3)4/h5,7-8,23-24,28,33H,6,9-22H2,1-4H3,(H,34,41)/b35-23-. The van der Waals surface area contributed by atoms with Crippen LogP contribution in [0.1, 0.15) is 51.2 Å². The minimum Gasteiger partial charge on any atom is -0.444 e. The van der Waals surface area contributed by atoms with Gasteiger partial charge in [-0.2, -0.15) is 5.10 Å². The third-order valence-corrected chi connectivity index (χ3v) is 7.44. The molecule has 0 aromatic heterocycles. The second-order valence-corrected chi connectivity index (χ2v) is 12.1. The molecular formula is C32H50N6O8. The summed E-state index contributed by atoms with van der Waals surface area (Å²) >= 11 is 0. The van der Waals surface area contributed by atoms with Crippen molar-refractivity contribution >= 4 is 36.2 Å². The molecule has 1 aromatic rings. The summed E-state index contributed by atoms with van der Waals surface area (Å²) in [4.78, 5) is 51.6. The van der Waals surface area contributed by atoms with Crippen LogP contribution in [0, 0.1) is 6.92 Å². The molecule has 2 heterocycles. The summed E-state index contributed by atoms with van der Waals surface area (Å²) in [6, 6.07) is 5.18. The number of hydrazone groups is 1. The Bertz CT molecular complexity index is 1170. The maximum atomic E-state index is 12.4. The number of piperazine rings is 1. The fourth-order valence-corrected chi connectivity index (χ4v) is 4.89. The van der Waals surface area contributed by atoms with Gasteiger partial charge in [0, 0.05) is 45.0 Å². The van der Waals surface area contributed by atoms with E-state index in [1.54, 1.807) is 16.0 Å². The van der Waals surface area contributed by atoms with E-state index in [0.29, 0.717) is 91.7 Å². The topological polar surface area (TPSA) is 151 Å². The monoisotopic (exact) mass is 646 g/mol. The highest BCUT2D eigenvalue weighted by atomic mass is 16.6. The molecule has 3 rings (SSSR count). The lowest BCUT2D eigenvalue weighted by Crippen LogP contribution is -2.51. The van der Waals surface area contributed by atoms with E-state index >= 15 is 0 Å². The molecule has 14 heteroatoms. The fraction of sp³-hybridized carbons (Fsp3) is 0.656. The van der Waals surface area contributed by atoms with Crippen molar-refractivity contribution in [2.24, 2.45) is 5.10 Å². The molecule has 256 valence electrons. The minimum atomic E-state index is -0.582. The lowest BCUT2D eigenvalue weighted by molar-refractivity contribution is -0.134. The first-order valence-corrected chi connectivity index (χ1v) is 16.0. The Morgan fingerprint density at radius 3 is 2.33 bits per heavy atom. The molecule has 2 saturated heterocycles. The number of nitrogens with zero attached hydrogens (tertiary/aromatic N) is 4. The Labute approximate surface area is 271 Å². The van der Waals surface area contributed by atoms with E-state index in [-0.39, 0.29) is 24.3 Å². The van der Waals surface area contributed by atoms with Gasteiger partial charge in [-0.15, -0.1) is 0 Å². The first-order chi connectivity index (χ1) is 22.1. The molecule has 1 aromatic carbocycles. The summed E-state index contributed by atoms with van der Waals surface area (Å²) in [7, 11) is 0. The van der Waals surface area contributed by atoms with Gasteiger partial charge in [-0.3, -0.25) is 14.4 Å². The van der Waals surface area contributed by atoms with Crippen LogP contribution in [0.2, 0.25) is 0 Å². The van der Waals surface area contributed by atoms with E-state index in [1.165, 1.54) is 5.01 Å². The third-order valence-electron chi connectivity index (χ3n) is 7.44. The number of amides is 4. The molecule has 14 nitrogen and oxygen atoms in total. The number of nitrogens with one attached hydrogen (secondary N) is 2. The Morgan fingerprint density at radius 2 is 1.67 bits per heavy atom. The number of rotatable bonds is 17. The van der Waals surface area contributed by atoms with Crippen LogP contribution in [0.5, 0.6) is 0 Å². The highest BCUT2D eigenvalue weighted by Crippen LogP contribution is 2.18. The predicted octanol–water partition coefficient (Wildman–Crippen LogP) is 2.00. The quantitative estimate of drug-likeness (QED) is 0.112. The van der Waals surface area contributed by atoms with Crippen molar-refractivity contribution in [3.05, 3.63) is 29.3 Å². The summed E-state index contributed by atoms with van der Waals surface area (Å²) in [5, 5.41) is 11.6. The molecule has 0 aliphatic carbocycles. The maximum absolute atomic E-state index is 12.4. The van der Waals surface area contributed by atoms with Gasteiger partial charge in [0.2, 0.25) is 18.2 Å². The van der Waals surface area contributed by atoms with Gasteiger partial charge in [0.1, 0.15) is 11.6 Å². The first kappa shape index (κ1) is 36.7. The third kappa shape index (κ3) is 12.6. The summed E-state index contributed by atoms with van der Waals surface area (Å²) in [6.07, 6.45) is 3.52. The molecule has 2 aliphatic heterocycles. The molecule has 2 fully saturated rings. The summed E-state index contributed by atoms with van der Waals surface area (Å²) in [5.74, 6) is -0.174. The van der Waals surface area contributed by atoms with E-state index in [2.05, 4.69) is 15.7 Å². The Morgan fingerprint density at radius 1 is 1.02 bits per heavy atom. The van der Waals surface area contributed by atoms with Crippen molar-refractivity contribution in [1.82, 2.24) is 20.1 Å². The van der Waals surface area contributed by atoms with Crippen LogP contribution in [0.25, 0.3) is 0 Å². The zero-order valence-corrected chi connectivity index (χ0v) is 27.6. The van der Waals surface area contributed by atoms with Crippen LogP contribution in [0.4, 0.5) is 10.5 Å². The van der Waals surface area contributed by atoms with Gasteiger partial charge >= 0.3 is 6.09 Å². The fourth-order valence-electron chi connectivity index (χ4n) is 4.89. The molecular weight excluding hydrogens is 596 g/mol. The van der Waals surface area contributed by atoms with Crippen molar-refractivity contribution in [2.75, 3.05) is 84.2 Å². The number of anilines is 1. The van der Waals surface area contributed by atoms with Crippen LogP contribution in [-0.4, -0.2) is 136 Å². The summed E-state index contributed by atoms with van der Waals surface area (Å²) in [5.41, 5.74) is 2.20. The molecule has 2 N–H and O–H groups in total. The number of carbonyl (C=O) groups is 4. The normalized spacial score (nSPS) is 17.1. The van der Waals surface area contributed by atoms with E-state index < -0.39 is 11.6 Å². The van der Waals surface area contributed by atoms with Gasteiger partial charge in [0.05, 0.1) is 52.3 Å². The average Bonchev–Trinajstić information content (AvgIpc) is 3.03. The molecule has 0 bridgehead atoms. The van der Waals surface area contributed by atoms with E-state index in [4.69, 9.17) is 18.9 Å². The maximum Gasteiger partial charge on any atom is 0.410 e. The summed E-state index contributed by atoms with van der Waals surface area (Å²) < 4.78 is 22.1. The molecule has 4 amide bonds. The number of piperidine rings is 1. The van der Waals surface area contributed by atoms with Crippen molar-refractivity contribution < 1.29 is 38.1 Å². The minimum absolute atomic E-state index is 0.0106. The molecule has 0 saturated carbocycles. The Balaban J connectivity index is 1.20. The highest BCUT2D eigenvalue weighted by Gasteiger charge is 2.28. The smallest absolute Gasteiger partial charge is 0.410 e. The molecule has 0 radical (unpaired) electrons. The zero-order chi connectivity index (χ0) is 33.4. The molecule has 46 heavy (non-hydrogen) atoms. The number of ether oxygens (including phenoxy) is 4. The van der Waals surface area contributed by atoms with Crippen molar-refractivity contribution in [3.63, 3.8) is 0 Å². The van der Waals surface area contributed by atoms with Gasteiger partial charge in [-0.05, 0) is 57.7 Å². The van der Waals surface area contributed by atoms with Crippen LogP contribution in [-0.2, 0) is 33.3 Å². The number of carbonyl (C=O) groups excluding carboxylic acids is 4. The van der Waals surface area contributed by atoms with Gasteiger partial charge in [-0.1, -0.05) is 12.1 Å². The second kappa shape index (κ2) is 19.0. The number of benzene rings is 1. The molecule has 0 spiro atoms. The van der Waals surface area contributed by atoms with Crippen molar-refractivity contribution in [1.29, 1.82) is 0 Å². The van der Waals surface area contributed by atoms with Crippen LogP contribution >= 0.6 is 0 Å². The molecule has 1 unspecified atom stereocenters. The zero-order valence-electron chi connectivity index (χ0n) is 27.6. The second-order valence-electron chi connectivity index (χ2n) is 12.1. The van der Waals surface area contributed by atoms with Crippen molar-refractivity contribution in [2.45, 2.75) is 58.6 Å². The predicted molar refractivity (Wildman–Crippen MR) is 173 cm³/mol. The van der Waals surface area contributed by atoms with E-state index in [0.717, 1.165) is 23.2 Å². The number of hydrogen-bond acceptors (Lipinski definition) is 10. The Hall–Kier alpha value is -3.75. The lowest BCUT2D eigenvalue weighted by Gasteiger charge is -2.35. The Kier molecular flexibility index (Phi) is 15.2. The molecule has 1 atom stereocenters. The van der Waals surface area contributed by atoms with E-state index in [9.17, 15) is 19.2 Å².